The fourth-order valence-electron chi connectivity index (χ4n) is 3.59. The van der Waals surface area contributed by atoms with Gasteiger partial charge in [-0.1, -0.05) is 31.9 Å². The molecule has 2 heterocycles. The highest BCUT2D eigenvalue weighted by molar-refractivity contribution is 6.04. The molecule has 0 atom stereocenters. The second kappa shape index (κ2) is 9.07. The van der Waals surface area contributed by atoms with E-state index < -0.39 is 0 Å². The topological polar surface area (TPSA) is 59.3 Å². The van der Waals surface area contributed by atoms with Crippen LogP contribution in [0.2, 0.25) is 0 Å². The fourth-order valence-corrected chi connectivity index (χ4v) is 3.59. The summed E-state index contributed by atoms with van der Waals surface area (Å²) in [7, 11) is 0. The molecule has 0 radical (unpaired) electrons. The van der Waals surface area contributed by atoms with Gasteiger partial charge < -0.3 is 5.32 Å². The van der Waals surface area contributed by atoms with E-state index in [1.807, 2.05) is 49.4 Å². The quantitative estimate of drug-likeness (QED) is 0.460. The summed E-state index contributed by atoms with van der Waals surface area (Å²) < 4.78 is 1.70. The molecule has 4 rings (SSSR count). The number of rotatable bonds is 4. The Morgan fingerprint density at radius 1 is 1.06 bits per heavy atom. The number of aryl methyl sites for hydroxylation is 2. The van der Waals surface area contributed by atoms with Gasteiger partial charge in [0, 0.05) is 23.0 Å². The SMILES string of the molecule is Cc1ccc(C(=O)Nc2ccc(CC(C)C)c(C)c2)cc1C#Cc1cnc2cccnn12. The Bertz CT molecular complexity index is 1360. The summed E-state index contributed by atoms with van der Waals surface area (Å²) in [6.07, 6.45) is 4.43. The summed E-state index contributed by atoms with van der Waals surface area (Å²) in [6.45, 7) is 8.48. The average molecular weight is 423 g/mol. The van der Waals surface area contributed by atoms with Crippen molar-refractivity contribution < 1.29 is 4.79 Å². The molecular weight excluding hydrogens is 396 g/mol. The van der Waals surface area contributed by atoms with Crippen LogP contribution in [-0.2, 0) is 6.42 Å². The molecule has 0 bridgehead atoms. The molecule has 1 N–H and O–H groups in total. The zero-order chi connectivity index (χ0) is 22.7. The Morgan fingerprint density at radius 3 is 2.69 bits per heavy atom. The van der Waals surface area contributed by atoms with Crippen LogP contribution in [0, 0.1) is 31.6 Å². The zero-order valence-electron chi connectivity index (χ0n) is 18.8. The van der Waals surface area contributed by atoms with Crippen LogP contribution in [-0.4, -0.2) is 20.5 Å². The lowest BCUT2D eigenvalue weighted by Gasteiger charge is -2.12. The van der Waals surface area contributed by atoms with E-state index >= 15 is 0 Å². The number of nitrogens with zero attached hydrogens (tertiary/aromatic N) is 3. The van der Waals surface area contributed by atoms with Crippen LogP contribution in [0.25, 0.3) is 5.65 Å². The van der Waals surface area contributed by atoms with Crippen molar-refractivity contribution in [2.75, 3.05) is 5.32 Å². The molecular formula is C27H26N4O. The van der Waals surface area contributed by atoms with Crippen molar-refractivity contribution in [3.8, 4) is 11.8 Å². The molecule has 5 heteroatoms. The van der Waals surface area contributed by atoms with Gasteiger partial charge in [0.2, 0.25) is 0 Å². The van der Waals surface area contributed by atoms with E-state index in [9.17, 15) is 4.79 Å². The Labute approximate surface area is 188 Å². The molecule has 1 amide bonds. The maximum Gasteiger partial charge on any atom is 0.255 e. The molecule has 0 saturated heterocycles. The minimum atomic E-state index is -0.152. The lowest BCUT2D eigenvalue weighted by Crippen LogP contribution is -2.12. The van der Waals surface area contributed by atoms with Gasteiger partial charge in [-0.15, -0.1) is 0 Å². The molecule has 5 nitrogen and oxygen atoms in total. The van der Waals surface area contributed by atoms with Gasteiger partial charge in [-0.25, -0.2) is 9.50 Å². The zero-order valence-corrected chi connectivity index (χ0v) is 18.8. The van der Waals surface area contributed by atoms with Crippen LogP contribution in [0.15, 0.2) is 60.9 Å². The van der Waals surface area contributed by atoms with E-state index in [0.29, 0.717) is 17.2 Å². The van der Waals surface area contributed by atoms with Crippen molar-refractivity contribution in [2.45, 2.75) is 34.1 Å². The van der Waals surface area contributed by atoms with E-state index in [-0.39, 0.29) is 5.91 Å². The van der Waals surface area contributed by atoms with Gasteiger partial charge in [-0.05, 0) is 85.2 Å². The van der Waals surface area contributed by atoms with Gasteiger partial charge in [-0.3, -0.25) is 4.79 Å². The van der Waals surface area contributed by atoms with E-state index in [1.165, 1.54) is 11.1 Å². The predicted molar refractivity (Wildman–Crippen MR) is 128 cm³/mol. The Balaban J connectivity index is 1.55. The van der Waals surface area contributed by atoms with Crippen molar-refractivity contribution in [3.05, 3.63) is 94.4 Å². The highest BCUT2D eigenvalue weighted by Crippen LogP contribution is 2.19. The van der Waals surface area contributed by atoms with Gasteiger partial charge in [-0.2, -0.15) is 5.10 Å². The first-order valence-electron chi connectivity index (χ1n) is 10.7. The lowest BCUT2D eigenvalue weighted by molar-refractivity contribution is 0.102. The number of nitrogens with one attached hydrogen (secondary N) is 1. The second-order valence-corrected chi connectivity index (χ2v) is 8.41. The van der Waals surface area contributed by atoms with E-state index in [1.54, 1.807) is 16.9 Å². The Hall–Kier alpha value is -3.91. The van der Waals surface area contributed by atoms with E-state index in [0.717, 1.165) is 28.9 Å². The normalized spacial score (nSPS) is 10.8. The van der Waals surface area contributed by atoms with Crippen LogP contribution in [0.4, 0.5) is 5.69 Å². The Kier molecular flexibility index (Phi) is 6.04. The third kappa shape index (κ3) is 4.70. The molecule has 0 fully saturated rings. The number of aromatic nitrogens is 3. The summed E-state index contributed by atoms with van der Waals surface area (Å²) in [6, 6.07) is 15.4. The maximum absolute atomic E-state index is 12.9. The van der Waals surface area contributed by atoms with Crippen LogP contribution < -0.4 is 5.32 Å². The number of amides is 1. The van der Waals surface area contributed by atoms with Crippen molar-refractivity contribution in [3.63, 3.8) is 0 Å². The van der Waals surface area contributed by atoms with E-state index in [4.69, 9.17) is 0 Å². The molecule has 0 spiro atoms. The fraction of sp³-hybridized carbons (Fsp3) is 0.222. The first-order chi connectivity index (χ1) is 15.4. The average Bonchev–Trinajstić information content (AvgIpc) is 3.18. The van der Waals surface area contributed by atoms with Crippen LogP contribution >= 0.6 is 0 Å². The number of anilines is 1. The second-order valence-electron chi connectivity index (χ2n) is 8.41. The standard InChI is InChI=1S/C27H26N4O/c1-18(2)14-21-9-11-24(15-20(21)4)30-27(32)23-8-7-19(3)22(16-23)10-12-25-17-28-26-6-5-13-29-31(25)26/h5-9,11,13,15-18H,14H2,1-4H3,(H,30,32). The smallest absolute Gasteiger partial charge is 0.255 e. The molecule has 0 aliphatic carbocycles. The minimum absolute atomic E-state index is 0.152. The summed E-state index contributed by atoms with van der Waals surface area (Å²) in [4.78, 5) is 17.2. The van der Waals surface area contributed by atoms with Crippen LogP contribution in [0.3, 0.4) is 0 Å². The van der Waals surface area contributed by atoms with Crippen molar-refractivity contribution in [1.82, 2.24) is 14.6 Å². The van der Waals surface area contributed by atoms with Crippen molar-refractivity contribution >= 4 is 17.2 Å². The van der Waals surface area contributed by atoms with Crippen molar-refractivity contribution in [1.29, 1.82) is 0 Å². The van der Waals surface area contributed by atoms with Gasteiger partial charge in [0.05, 0.1) is 6.20 Å². The third-order valence-electron chi connectivity index (χ3n) is 5.33. The number of imidazole rings is 1. The largest absolute Gasteiger partial charge is 0.322 e. The predicted octanol–water partition coefficient (Wildman–Crippen LogP) is 5.20. The number of carbonyl (C=O) groups is 1. The molecule has 0 saturated carbocycles. The first kappa shape index (κ1) is 21.3. The molecule has 0 aliphatic heterocycles. The van der Waals surface area contributed by atoms with Gasteiger partial charge in [0.15, 0.2) is 5.65 Å². The van der Waals surface area contributed by atoms with Crippen LogP contribution in [0.5, 0.6) is 0 Å². The van der Waals surface area contributed by atoms with Crippen LogP contribution in [0.1, 0.15) is 52.2 Å². The highest BCUT2D eigenvalue weighted by atomic mass is 16.1. The van der Waals surface area contributed by atoms with Crippen molar-refractivity contribution in [2.24, 2.45) is 5.92 Å². The number of benzene rings is 2. The summed E-state index contributed by atoms with van der Waals surface area (Å²) in [5.41, 5.74) is 7.12. The molecule has 0 aliphatic rings. The number of fused-ring (bicyclic) bond motifs is 1. The first-order valence-corrected chi connectivity index (χ1v) is 10.7. The molecule has 2 aromatic carbocycles. The van der Waals surface area contributed by atoms with E-state index in [2.05, 4.69) is 54.1 Å². The summed E-state index contributed by atoms with van der Waals surface area (Å²) in [5, 5.41) is 7.29. The van der Waals surface area contributed by atoms with Gasteiger partial charge in [0.1, 0.15) is 5.69 Å². The monoisotopic (exact) mass is 422 g/mol. The Morgan fingerprint density at radius 2 is 1.91 bits per heavy atom. The lowest BCUT2D eigenvalue weighted by atomic mass is 9.98. The number of hydrogen-bond acceptors (Lipinski definition) is 3. The molecule has 4 aromatic rings. The molecule has 2 aromatic heterocycles. The van der Waals surface area contributed by atoms with Gasteiger partial charge >= 0.3 is 0 Å². The minimum Gasteiger partial charge on any atom is -0.322 e. The third-order valence-corrected chi connectivity index (χ3v) is 5.33. The summed E-state index contributed by atoms with van der Waals surface area (Å²) in [5.74, 6) is 6.74. The number of carbonyl (C=O) groups excluding carboxylic acids is 1. The summed E-state index contributed by atoms with van der Waals surface area (Å²) >= 11 is 0. The van der Waals surface area contributed by atoms with Gasteiger partial charge in [0.25, 0.3) is 5.91 Å². The molecule has 160 valence electrons. The highest BCUT2D eigenvalue weighted by Gasteiger charge is 2.10. The molecule has 0 unspecified atom stereocenters. The number of hydrogen-bond donors (Lipinski definition) is 1. The molecule has 32 heavy (non-hydrogen) atoms. The maximum atomic E-state index is 12.9.